The summed E-state index contributed by atoms with van der Waals surface area (Å²) in [4.78, 5) is 0. The first-order chi connectivity index (χ1) is 11.1. The molecule has 0 radical (unpaired) electrons. The molecule has 0 fully saturated rings. The van der Waals surface area contributed by atoms with Crippen LogP contribution in [-0.4, -0.2) is 14.7 Å². The Kier molecular flexibility index (Phi) is 2.47. The molecule has 0 aromatic heterocycles. The molecule has 5 rings (SSSR count). The number of rotatable bonds is 0. The highest BCUT2D eigenvalue weighted by Gasteiger charge is 2.49. The van der Waals surface area contributed by atoms with E-state index in [1.165, 1.54) is 32.7 Å². The average molecular weight is 313 g/mol. The highest BCUT2D eigenvalue weighted by atomic mass is 28.4. The van der Waals surface area contributed by atoms with Gasteiger partial charge in [0.1, 0.15) is 0 Å². The summed E-state index contributed by atoms with van der Waals surface area (Å²) >= 11 is 0. The van der Waals surface area contributed by atoms with E-state index in [-0.39, 0.29) is 0 Å². The summed E-state index contributed by atoms with van der Waals surface area (Å²) in [5.74, 6) is 0. The van der Waals surface area contributed by atoms with E-state index in [9.17, 15) is 0 Å². The topological polar surface area (TPSA) is 9.23 Å². The zero-order valence-electron chi connectivity index (χ0n) is 13.4. The maximum atomic E-state index is 7.02. The normalized spacial score (nSPS) is 18.5. The van der Waals surface area contributed by atoms with Crippen LogP contribution in [0.1, 0.15) is 0 Å². The van der Waals surface area contributed by atoms with Gasteiger partial charge >= 0.3 is 0 Å². The summed E-state index contributed by atoms with van der Waals surface area (Å²) in [6.45, 7) is 4.65. The largest absolute Gasteiger partial charge is 0.621 e. The van der Waals surface area contributed by atoms with Crippen molar-refractivity contribution in [2.45, 2.75) is 13.1 Å². The van der Waals surface area contributed by atoms with E-state index in [2.05, 4.69) is 85.9 Å². The summed E-state index contributed by atoms with van der Waals surface area (Å²) < 4.78 is 7.02. The number of hydrogen-bond acceptors (Lipinski definition) is 1. The molecule has 0 aliphatic carbocycles. The Hall–Kier alpha value is -2.10. The molecule has 2 aliphatic heterocycles. The van der Waals surface area contributed by atoms with Crippen molar-refractivity contribution >= 4 is 36.2 Å². The van der Waals surface area contributed by atoms with Gasteiger partial charge in [0.05, 0.1) is 0 Å². The van der Waals surface area contributed by atoms with Crippen LogP contribution in [0.2, 0.25) is 13.1 Å². The molecule has 0 bridgehead atoms. The molecule has 0 saturated carbocycles. The molecule has 3 heteroatoms. The van der Waals surface area contributed by atoms with Crippen LogP contribution < -0.4 is 21.6 Å². The third-order valence-electron chi connectivity index (χ3n) is 5.61. The standard InChI is InChI=1S/C20H18BOSi/c1-23(2)20-14-8-7-13-19(20)21(22-23)17-11-5-3-9-15(17)16-10-4-6-12-18(16)21/h3-14H,1-2H3/q-1. The highest BCUT2D eigenvalue weighted by Crippen LogP contribution is 2.32. The smallest absolute Gasteiger partial charge is 0.189 e. The van der Waals surface area contributed by atoms with Gasteiger partial charge in [-0.2, -0.15) is 16.4 Å². The average Bonchev–Trinajstić information content (AvgIpc) is 3.00. The quantitative estimate of drug-likeness (QED) is 0.578. The number of fused-ring (bicyclic) bond motifs is 7. The third-order valence-corrected chi connectivity index (χ3v) is 8.30. The first kappa shape index (κ1) is 13.4. The van der Waals surface area contributed by atoms with Gasteiger partial charge in [0.2, 0.25) is 0 Å². The third kappa shape index (κ3) is 1.51. The van der Waals surface area contributed by atoms with E-state index >= 15 is 0 Å². The van der Waals surface area contributed by atoms with Crippen LogP contribution in [0.15, 0.2) is 72.8 Å². The van der Waals surface area contributed by atoms with Gasteiger partial charge in [-0.25, -0.2) is 0 Å². The van der Waals surface area contributed by atoms with Gasteiger partial charge < -0.3 is 4.34 Å². The molecule has 3 aromatic carbocycles. The van der Waals surface area contributed by atoms with Crippen molar-refractivity contribution in [1.29, 1.82) is 0 Å². The number of hydrogen-bond donors (Lipinski definition) is 0. The Morgan fingerprint density at radius 2 is 1.13 bits per heavy atom. The minimum Gasteiger partial charge on any atom is -0.621 e. The molecular weight excluding hydrogens is 295 g/mol. The second-order valence-electron chi connectivity index (χ2n) is 7.18. The summed E-state index contributed by atoms with van der Waals surface area (Å²) in [5.41, 5.74) is 6.80. The minimum atomic E-state index is -1.91. The SMILES string of the molecule is C[Si]1(C)O[B-]2(c3ccccc3-c3ccccc32)c2ccccc21. The van der Waals surface area contributed by atoms with E-state index in [1.54, 1.807) is 0 Å². The van der Waals surface area contributed by atoms with Gasteiger partial charge in [0.15, 0.2) is 14.7 Å². The van der Waals surface area contributed by atoms with E-state index < -0.39 is 14.7 Å². The predicted octanol–water partition coefficient (Wildman–Crippen LogP) is 2.08. The molecule has 0 unspecified atom stereocenters. The highest BCUT2D eigenvalue weighted by molar-refractivity contribution is 7.20. The lowest BCUT2D eigenvalue weighted by atomic mass is 9.30. The van der Waals surface area contributed by atoms with Crippen LogP contribution in [-0.2, 0) is 4.34 Å². The summed E-state index contributed by atoms with van der Waals surface area (Å²) in [7, 11) is -1.91. The lowest BCUT2D eigenvalue weighted by Crippen LogP contribution is -2.65. The van der Waals surface area contributed by atoms with Crippen molar-refractivity contribution in [2.75, 3.05) is 0 Å². The van der Waals surface area contributed by atoms with Crippen LogP contribution in [0, 0.1) is 0 Å². The fourth-order valence-electron chi connectivity index (χ4n) is 4.79. The van der Waals surface area contributed by atoms with Crippen LogP contribution >= 0.6 is 0 Å². The molecule has 0 N–H and O–H groups in total. The predicted molar refractivity (Wildman–Crippen MR) is 101 cm³/mol. The first-order valence-corrected chi connectivity index (χ1v) is 11.2. The van der Waals surface area contributed by atoms with Crippen molar-refractivity contribution in [1.82, 2.24) is 0 Å². The van der Waals surface area contributed by atoms with Crippen molar-refractivity contribution < 1.29 is 4.34 Å². The van der Waals surface area contributed by atoms with Gasteiger partial charge in [0.25, 0.3) is 0 Å². The first-order valence-electron chi connectivity index (χ1n) is 8.29. The van der Waals surface area contributed by atoms with Gasteiger partial charge in [-0.3, -0.25) is 0 Å². The van der Waals surface area contributed by atoms with Crippen molar-refractivity contribution in [3.63, 3.8) is 0 Å². The lowest BCUT2D eigenvalue weighted by Gasteiger charge is -2.39. The van der Waals surface area contributed by atoms with Gasteiger partial charge in [-0.1, -0.05) is 89.1 Å². The molecule has 3 aromatic rings. The van der Waals surface area contributed by atoms with Crippen molar-refractivity contribution in [3.05, 3.63) is 72.8 Å². The van der Waals surface area contributed by atoms with Gasteiger partial charge in [0, 0.05) is 0 Å². The summed E-state index contributed by atoms with van der Waals surface area (Å²) in [6, 6.07) is 26.4. The Bertz CT molecular complexity index is 902. The molecule has 1 spiro atoms. The van der Waals surface area contributed by atoms with E-state index in [0.29, 0.717) is 0 Å². The lowest BCUT2D eigenvalue weighted by molar-refractivity contribution is 0.597. The molecule has 0 atom stereocenters. The van der Waals surface area contributed by atoms with E-state index in [4.69, 9.17) is 4.34 Å². The molecule has 2 aliphatic rings. The fraction of sp³-hybridized carbons (Fsp3) is 0.100. The minimum absolute atomic E-state index is 1.27. The molecular formula is C20H18BOSi-. The number of benzene rings is 3. The Labute approximate surface area is 138 Å². The molecule has 1 nitrogen and oxygen atoms in total. The Morgan fingerprint density at radius 3 is 1.74 bits per heavy atom. The Balaban J connectivity index is 1.95. The van der Waals surface area contributed by atoms with Crippen LogP contribution in [0.3, 0.4) is 0 Å². The Morgan fingerprint density at radius 1 is 0.652 bits per heavy atom. The van der Waals surface area contributed by atoms with Crippen molar-refractivity contribution in [2.24, 2.45) is 0 Å². The van der Waals surface area contributed by atoms with E-state index in [1.807, 2.05) is 0 Å². The summed E-state index contributed by atoms with van der Waals surface area (Å²) in [5, 5.41) is 1.45. The second-order valence-corrected chi connectivity index (χ2v) is 11.0. The maximum Gasteiger partial charge on any atom is 0.189 e. The monoisotopic (exact) mass is 313 g/mol. The zero-order valence-corrected chi connectivity index (χ0v) is 14.4. The summed E-state index contributed by atoms with van der Waals surface area (Å²) in [6.07, 6.45) is -1.27. The molecule has 0 amide bonds. The molecule has 2 heterocycles. The zero-order chi connectivity index (χ0) is 15.7. The second kappa shape index (κ2) is 4.25. The van der Waals surface area contributed by atoms with Gasteiger partial charge in [-0.15, -0.1) is 0 Å². The molecule has 23 heavy (non-hydrogen) atoms. The van der Waals surface area contributed by atoms with Crippen LogP contribution in [0.25, 0.3) is 11.1 Å². The van der Waals surface area contributed by atoms with Crippen molar-refractivity contribution in [3.8, 4) is 11.1 Å². The molecule has 112 valence electrons. The van der Waals surface area contributed by atoms with Crippen LogP contribution in [0.5, 0.6) is 0 Å². The fourth-order valence-corrected chi connectivity index (χ4v) is 7.66. The van der Waals surface area contributed by atoms with Gasteiger partial charge in [-0.05, 0) is 13.1 Å². The van der Waals surface area contributed by atoms with Crippen LogP contribution in [0.4, 0.5) is 0 Å². The maximum absolute atomic E-state index is 7.02. The molecule has 0 saturated heterocycles. The van der Waals surface area contributed by atoms with E-state index in [0.717, 1.165) is 0 Å².